The predicted molar refractivity (Wildman–Crippen MR) is 66.3 cm³/mol. The molecule has 1 unspecified atom stereocenters. The fourth-order valence-electron chi connectivity index (χ4n) is 1.67. The van der Waals surface area contributed by atoms with Crippen LogP contribution in [-0.2, 0) is 14.3 Å². The van der Waals surface area contributed by atoms with Gasteiger partial charge >= 0.3 is 5.97 Å². The van der Waals surface area contributed by atoms with Gasteiger partial charge in [0.1, 0.15) is 0 Å². The van der Waals surface area contributed by atoms with E-state index in [1.807, 2.05) is 0 Å². The first kappa shape index (κ1) is 14.6. The molecule has 1 aromatic carbocycles. The normalized spacial score (nSPS) is 11.6. The molecule has 0 heterocycles. The van der Waals surface area contributed by atoms with Crippen LogP contribution in [0.3, 0.4) is 0 Å². The van der Waals surface area contributed by atoms with Crippen LogP contribution >= 0.6 is 0 Å². The number of methoxy groups -OCH3 is 1. The zero-order chi connectivity index (χ0) is 14.4. The number of amides is 1. The molecule has 1 aromatic rings. The number of esters is 1. The minimum absolute atomic E-state index is 0.0566. The van der Waals surface area contributed by atoms with E-state index in [0.717, 1.165) is 0 Å². The summed E-state index contributed by atoms with van der Waals surface area (Å²) in [7, 11) is 1.26. The van der Waals surface area contributed by atoms with E-state index in [1.165, 1.54) is 31.4 Å². The predicted octanol–water partition coefficient (Wildman–Crippen LogP) is 1.12. The van der Waals surface area contributed by atoms with Crippen molar-refractivity contribution in [3.05, 3.63) is 39.9 Å². The van der Waals surface area contributed by atoms with Crippen LogP contribution in [0.25, 0.3) is 0 Å². The van der Waals surface area contributed by atoms with Gasteiger partial charge in [-0.2, -0.15) is 0 Å². The molecule has 1 rings (SSSR count). The van der Waals surface area contributed by atoms with Crippen molar-refractivity contribution >= 4 is 17.6 Å². The molecule has 0 aliphatic rings. The number of hydrogen-bond donors (Lipinski definition) is 1. The fraction of sp³-hybridized carbons (Fsp3) is 0.333. The summed E-state index contributed by atoms with van der Waals surface area (Å²) in [6.07, 6.45) is 0.265. The highest BCUT2D eigenvalue weighted by molar-refractivity contribution is 5.82. The molecule has 102 valence electrons. The van der Waals surface area contributed by atoms with Crippen molar-refractivity contribution in [3.63, 3.8) is 0 Å². The lowest BCUT2D eigenvalue weighted by Gasteiger charge is -2.12. The number of carbonyl (C=O) groups excluding carboxylic acids is 2. The van der Waals surface area contributed by atoms with Gasteiger partial charge in [0, 0.05) is 18.6 Å². The highest BCUT2D eigenvalue weighted by atomic mass is 16.6. The zero-order valence-electron chi connectivity index (χ0n) is 10.4. The molecule has 0 saturated carbocycles. The van der Waals surface area contributed by atoms with Crippen molar-refractivity contribution in [2.75, 3.05) is 7.11 Å². The molecule has 0 aromatic heterocycles. The van der Waals surface area contributed by atoms with E-state index >= 15 is 0 Å². The second-order valence-corrected chi connectivity index (χ2v) is 3.92. The van der Waals surface area contributed by atoms with Gasteiger partial charge in [0.25, 0.3) is 5.69 Å². The molecule has 0 fully saturated rings. The molecule has 0 bridgehead atoms. The summed E-state index contributed by atoms with van der Waals surface area (Å²) in [5, 5.41) is 10.5. The Bertz CT molecular complexity index is 483. The van der Waals surface area contributed by atoms with Crippen molar-refractivity contribution in [2.45, 2.75) is 18.8 Å². The number of nitrogens with two attached hydrogens (primary N) is 1. The minimum Gasteiger partial charge on any atom is -0.469 e. The standard InChI is InChI=1S/C12H14N2O5/c1-19-11(15)7-6-10(12(13)16)8-2-4-9(5-3-8)14(17)18/h2-5,10H,6-7H2,1H3,(H2,13,16). The summed E-state index contributed by atoms with van der Waals surface area (Å²) in [6, 6.07) is 5.52. The summed E-state index contributed by atoms with van der Waals surface area (Å²) >= 11 is 0. The lowest BCUT2D eigenvalue weighted by molar-refractivity contribution is -0.384. The van der Waals surface area contributed by atoms with E-state index in [1.54, 1.807) is 0 Å². The molecule has 7 heteroatoms. The number of benzene rings is 1. The topological polar surface area (TPSA) is 113 Å². The number of nitrogens with zero attached hydrogens (tertiary/aromatic N) is 1. The Balaban J connectivity index is 2.84. The second-order valence-electron chi connectivity index (χ2n) is 3.92. The number of primary amides is 1. The lowest BCUT2D eigenvalue weighted by atomic mass is 9.93. The van der Waals surface area contributed by atoms with E-state index in [-0.39, 0.29) is 18.5 Å². The van der Waals surface area contributed by atoms with Crippen molar-refractivity contribution in [3.8, 4) is 0 Å². The van der Waals surface area contributed by atoms with E-state index in [2.05, 4.69) is 4.74 Å². The van der Waals surface area contributed by atoms with Gasteiger partial charge in [0.2, 0.25) is 5.91 Å². The van der Waals surface area contributed by atoms with Gasteiger partial charge in [-0.05, 0) is 12.0 Å². The molecule has 1 amide bonds. The Hall–Kier alpha value is -2.44. The summed E-state index contributed by atoms with van der Waals surface area (Å²) in [4.78, 5) is 32.4. The molecule has 2 N–H and O–H groups in total. The first-order valence-electron chi connectivity index (χ1n) is 5.56. The maximum atomic E-state index is 11.4. The van der Waals surface area contributed by atoms with Gasteiger partial charge in [-0.3, -0.25) is 19.7 Å². The number of carbonyl (C=O) groups is 2. The molecule has 19 heavy (non-hydrogen) atoms. The Morgan fingerprint density at radius 3 is 2.37 bits per heavy atom. The third kappa shape index (κ3) is 4.06. The number of nitro groups is 1. The number of nitro benzene ring substituents is 1. The van der Waals surface area contributed by atoms with Crippen molar-refractivity contribution in [2.24, 2.45) is 5.73 Å². The molecule has 0 radical (unpaired) electrons. The Labute approximate surface area is 109 Å². The number of ether oxygens (including phenoxy) is 1. The average Bonchev–Trinajstić information content (AvgIpc) is 2.38. The van der Waals surface area contributed by atoms with Gasteiger partial charge in [-0.1, -0.05) is 12.1 Å². The quantitative estimate of drug-likeness (QED) is 0.471. The molecule has 0 aliphatic carbocycles. The van der Waals surface area contributed by atoms with Crippen molar-refractivity contribution in [1.82, 2.24) is 0 Å². The van der Waals surface area contributed by atoms with E-state index in [9.17, 15) is 19.7 Å². The summed E-state index contributed by atoms with van der Waals surface area (Å²) < 4.78 is 4.49. The maximum Gasteiger partial charge on any atom is 0.305 e. The monoisotopic (exact) mass is 266 g/mol. The Kier molecular flexibility index (Phi) is 4.99. The first-order chi connectivity index (χ1) is 8.95. The first-order valence-corrected chi connectivity index (χ1v) is 5.56. The van der Waals surface area contributed by atoms with Crippen LogP contribution in [0, 0.1) is 10.1 Å². The van der Waals surface area contributed by atoms with Crippen molar-refractivity contribution < 1.29 is 19.2 Å². The molecule has 0 spiro atoms. The van der Waals surface area contributed by atoms with Crippen LogP contribution < -0.4 is 5.73 Å². The van der Waals surface area contributed by atoms with Gasteiger partial charge in [0.15, 0.2) is 0 Å². The van der Waals surface area contributed by atoms with E-state index in [4.69, 9.17) is 5.73 Å². The van der Waals surface area contributed by atoms with Crippen LogP contribution in [0.15, 0.2) is 24.3 Å². The van der Waals surface area contributed by atoms with Crippen LogP contribution in [-0.4, -0.2) is 23.9 Å². The van der Waals surface area contributed by atoms with E-state index < -0.39 is 22.7 Å². The minimum atomic E-state index is -0.667. The van der Waals surface area contributed by atoms with Crippen LogP contribution in [0.1, 0.15) is 24.3 Å². The summed E-state index contributed by atoms with van der Waals surface area (Å²) in [5.74, 6) is -1.69. The Morgan fingerprint density at radius 2 is 1.95 bits per heavy atom. The molecule has 0 aliphatic heterocycles. The van der Waals surface area contributed by atoms with Crippen LogP contribution in [0.2, 0.25) is 0 Å². The lowest BCUT2D eigenvalue weighted by Crippen LogP contribution is -2.22. The smallest absolute Gasteiger partial charge is 0.305 e. The number of hydrogen-bond acceptors (Lipinski definition) is 5. The third-order valence-corrected chi connectivity index (χ3v) is 2.71. The third-order valence-electron chi connectivity index (χ3n) is 2.71. The molecule has 7 nitrogen and oxygen atoms in total. The highest BCUT2D eigenvalue weighted by Crippen LogP contribution is 2.23. The Morgan fingerprint density at radius 1 is 1.37 bits per heavy atom. The highest BCUT2D eigenvalue weighted by Gasteiger charge is 2.20. The maximum absolute atomic E-state index is 11.4. The molecule has 1 atom stereocenters. The van der Waals surface area contributed by atoms with Gasteiger partial charge in [0.05, 0.1) is 18.0 Å². The average molecular weight is 266 g/mol. The van der Waals surface area contributed by atoms with Gasteiger partial charge in [-0.25, -0.2) is 0 Å². The molecular formula is C12H14N2O5. The zero-order valence-corrected chi connectivity index (χ0v) is 10.4. The summed E-state index contributed by atoms with van der Waals surface area (Å²) in [5.41, 5.74) is 5.74. The van der Waals surface area contributed by atoms with Gasteiger partial charge < -0.3 is 10.5 Å². The number of rotatable bonds is 6. The SMILES string of the molecule is COC(=O)CCC(C(N)=O)c1ccc([N+](=O)[O-])cc1. The largest absolute Gasteiger partial charge is 0.469 e. The van der Waals surface area contributed by atoms with Crippen molar-refractivity contribution in [1.29, 1.82) is 0 Å². The fourth-order valence-corrected chi connectivity index (χ4v) is 1.67. The molecular weight excluding hydrogens is 252 g/mol. The van der Waals surface area contributed by atoms with Crippen LogP contribution in [0.5, 0.6) is 0 Å². The van der Waals surface area contributed by atoms with Gasteiger partial charge in [-0.15, -0.1) is 0 Å². The second kappa shape index (κ2) is 6.48. The summed E-state index contributed by atoms with van der Waals surface area (Å²) in [6.45, 7) is 0. The number of non-ortho nitro benzene ring substituents is 1. The van der Waals surface area contributed by atoms with E-state index in [0.29, 0.717) is 5.56 Å². The van der Waals surface area contributed by atoms with Crippen LogP contribution in [0.4, 0.5) is 5.69 Å². The molecule has 0 saturated heterocycles.